The molecule has 9 rings (SSSR count). The molecule has 3 aromatic heterocycles. The molecule has 92 heavy (non-hydrogen) atoms. The highest BCUT2D eigenvalue weighted by Gasteiger charge is 2.20. The van der Waals surface area contributed by atoms with Crippen LogP contribution in [0.1, 0.15) is 263 Å². The molecule has 2 aliphatic heterocycles. The van der Waals surface area contributed by atoms with E-state index in [1.807, 2.05) is 72.8 Å². The number of carbonyl (C=O) groups is 2. The number of H-pyrrole nitrogens is 2. The van der Waals surface area contributed by atoms with E-state index in [2.05, 4.69) is 72.3 Å². The van der Waals surface area contributed by atoms with Crippen LogP contribution in [0.15, 0.2) is 121 Å². The number of nitrogens with zero attached hydrogens (tertiary/aromatic N) is 2. The van der Waals surface area contributed by atoms with Crippen molar-refractivity contribution < 1.29 is 29.3 Å². The Kier molecular flexibility index (Phi) is 27.9. The third-order valence-corrected chi connectivity index (χ3v) is 18.4. The lowest BCUT2D eigenvalue weighted by atomic mass is 10.0. The molecule has 5 heterocycles. The molecule has 10 heteroatoms. The molecule has 2 aliphatic rings. The monoisotopic (exact) mass is 1240 g/mol. The molecule has 486 valence electrons. The number of aromatic carboxylic acids is 2. The average Bonchev–Trinajstić information content (AvgIpc) is 1.70. The molecular weight excluding hydrogens is 1140 g/mol. The number of ether oxygens (including phenoxy) is 2. The number of hydrogen-bond donors (Lipinski definition) is 4. The van der Waals surface area contributed by atoms with Gasteiger partial charge in [0, 0.05) is 44.3 Å². The zero-order chi connectivity index (χ0) is 64.0. The Morgan fingerprint density at radius 3 is 0.750 bits per heavy atom. The first-order valence-corrected chi connectivity index (χ1v) is 35.6. The lowest BCUT2D eigenvalue weighted by molar-refractivity contribution is 0.0686. The minimum absolute atomic E-state index is 0.196. The van der Waals surface area contributed by atoms with Gasteiger partial charge >= 0.3 is 11.9 Å². The number of hydrogen-bond acceptors (Lipinski definition) is 6. The Hall–Kier alpha value is -7.98. The van der Waals surface area contributed by atoms with Crippen LogP contribution in [0.5, 0.6) is 11.5 Å². The summed E-state index contributed by atoms with van der Waals surface area (Å²) in [6.45, 7) is 5.90. The van der Waals surface area contributed by atoms with Crippen LogP contribution in [0.3, 0.4) is 0 Å². The number of rotatable bonds is 42. The third-order valence-electron chi connectivity index (χ3n) is 18.4. The molecule has 4 aromatic carbocycles. The predicted molar refractivity (Wildman–Crippen MR) is 385 cm³/mol. The first-order valence-electron chi connectivity index (χ1n) is 35.6. The van der Waals surface area contributed by atoms with Gasteiger partial charge in [0.2, 0.25) is 0 Å². The van der Waals surface area contributed by atoms with Crippen molar-refractivity contribution in [3.8, 4) is 56.0 Å². The van der Waals surface area contributed by atoms with Gasteiger partial charge in [0.25, 0.3) is 0 Å². The van der Waals surface area contributed by atoms with E-state index in [0.29, 0.717) is 24.6 Å². The SMILES string of the molecule is CCCCCCCCCCCCCCCCCCOc1ccc(-c2c3nc(c(-c4ccc(C(=O)O)cc4)c4ccc([nH]4)c(-c4ccc(OCCCCCCCCCCCCCCCCCC)cc4)c4nc(c(-c5ccc(C(=O)O)cc5)c5ccc2[nH]5)C=C4)C=C3)cc1. The smallest absolute Gasteiger partial charge is 0.335 e. The van der Waals surface area contributed by atoms with Crippen molar-refractivity contribution >= 4 is 58.3 Å². The summed E-state index contributed by atoms with van der Waals surface area (Å²) in [5, 5.41) is 19.9. The maximum Gasteiger partial charge on any atom is 0.335 e. The Balaban J connectivity index is 0.950. The van der Waals surface area contributed by atoms with Crippen LogP contribution in [0.2, 0.25) is 0 Å². The van der Waals surface area contributed by atoms with Crippen LogP contribution >= 0.6 is 0 Å². The summed E-state index contributed by atoms with van der Waals surface area (Å²) >= 11 is 0. The second kappa shape index (κ2) is 37.5. The Labute approximate surface area is 548 Å². The van der Waals surface area contributed by atoms with E-state index in [1.165, 1.54) is 180 Å². The fourth-order valence-corrected chi connectivity index (χ4v) is 13.1. The topological polar surface area (TPSA) is 150 Å². The van der Waals surface area contributed by atoms with E-state index in [4.69, 9.17) is 19.4 Å². The molecule has 4 N–H and O–H groups in total. The van der Waals surface area contributed by atoms with Crippen LogP contribution in [0.4, 0.5) is 0 Å². The predicted octanol–water partition coefficient (Wildman–Crippen LogP) is 24.0. The number of benzene rings is 4. The molecule has 0 unspecified atom stereocenters. The van der Waals surface area contributed by atoms with E-state index in [0.717, 1.165) is 115 Å². The van der Waals surface area contributed by atoms with Crippen molar-refractivity contribution in [2.45, 2.75) is 219 Å². The quantitative estimate of drug-likeness (QED) is 0.0276. The van der Waals surface area contributed by atoms with E-state index in [-0.39, 0.29) is 11.1 Å². The van der Waals surface area contributed by atoms with Gasteiger partial charge in [-0.25, -0.2) is 19.6 Å². The van der Waals surface area contributed by atoms with Crippen molar-refractivity contribution in [3.05, 3.63) is 155 Å². The molecule has 8 bridgehead atoms. The van der Waals surface area contributed by atoms with Gasteiger partial charge in [-0.15, -0.1) is 0 Å². The molecule has 0 saturated heterocycles. The van der Waals surface area contributed by atoms with E-state index >= 15 is 0 Å². The largest absolute Gasteiger partial charge is 0.494 e. The summed E-state index contributed by atoms with van der Waals surface area (Å²) in [6, 6.07) is 38.7. The third kappa shape index (κ3) is 20.5. The summed E-state index contributed by atoms with van der Waals surface area (Å²) in [5.41, 5.74) is 13.4. The Morgan fingerprint density at radius 1 is 0.304 bits per heavy atom. The lowest BCUT2D eigenvalue weighted by Crippen LogP contribution is -1.97. The molecular formula is C82H102N4O6. The van der Waals surface area contributed by atoms with Crippen molar-refractivity contribution in [2.75, 3.05) is 13.2 Å². The molecule has 0 amide bonds. The van der Waals surface area contributed by atoms with Gasteiger partial charge in [-0.1, -0.05) is 255 Å². The summed E-state index contributed by atoms with van der Waals surface area (Å²) < 4.78 is 12.7. The Morgan fingerprint density at radius 2 is 0.522 bits per heavy atom. The zero-order valence-electron chi connectivity index (χ0n) is 55.3. The minimum Gasteiger partial charge on any atom is -0.494 e. The van der Waals surface area contributed by atoms with Crippen LogP contribution in [0.25, 0.3) is 90.9 Å². The second-order valence-electron chi connectivity index (χ2n) is 25.6. The summed E-state index contributed by atoms with van der Waals surface area (Å²) in [6.07, 6.45) is 50.6. The van der Waals surface area contributed by atoms with Gasteiger partial charge in [0.05, 0.1) is 47.1 Å². The van der Waals surface area contributed by atoms with Crippen LogP contribution < -0.4 is 9.47 Å². The lowest BCUT2D eigenvalue weighted by Gasteiger charge is -2.09. The van der Waals surface area contributed by atoms with Gasteiger partial charge in [0.1, 0.15) is 11.5 Å². The standard InChI is InChI=1S/C82H102N4O6/c1-3-5-7-9-11-13-15-17-19-21-23-25-27-29-31-33-59-91-67-47-43-63(44-48-67)79-73-55-51-69(83-73)77(61-35-39-65(40-36-61)81(87)88)71-53-57-75(85-71)80(76-58-54-72(86-76)78(70-52-56-74(79)84-70)62-37-41-66(42-38-62)82(89)90)64-45-49-68(50-46-64)92-60-34-32-30-28-26-24-22-20-18-16-14-12-10-8-6-4-2/h35-58,83,86H,3-34,59-60H2,1-2H3,(H,87,88)(H,89,90). The van der Waals surface area contributed by atoms with Crippen molar-refractivity contribution in [2.24, 2.45) is 0 Å². The molecule has 0 aliphatic carbocycles. The molecule has 0 fully saturated rings. The molecule has 0 atom stereocenters. The molecule has 7 aromatic rings. The number of aromatic nitrogens is 4. The fourth-order valence-electron chi connectivity index (χ4n) is 13.1. The van der Waals surface area contributed by atoms with Gasteiger partial charge in [-0.2, -0.15) is 0 Å². The van der Waals surface area contributed by atoms with Gasteiger partial charge in [-0.05, 0) is 132 Å². The highest BCUT2D eigenvalue weighted by atomic mass is 16.5. The summed E-state index contributed by atoms with van der Waals surface area (Å²) in [5.74, 6) is -0.359. The maximum absolute atomic E-state index is 12.2. The van der Waals surface area contributed by atoms with Gasteiger partial charge in [0.15, 0.2) is 0 Å². The summed E-state index contributed by atoms with van der Waals surface area (Å²) in [7, 11) is 0. The number of unbranched alkanes of at least 4 members (excludes halogenated alkanes) is 30. The number of carboxylic acid groups (broad SMARTS) is 2. The number of fused-ring (bicyclic) bond motifs is 8. The highest BCUT2D eigenvalue weighted by Crippen LogP contribution is 2.40. The average molecular weight is 1240 g/mol. The molecule has 10 nitrogen and oxygen atoms in total. The zero-order valence-corrected chi connectivity index (χ0v) is 55.3. The van der Waals surface area contributed by atoms with E-state index in [9.17, 15) is 19.8 Å². The number of carboxylic acids is 2. The van der Waals surface area contributed by atoms with Gasteiger partial charge in [-0.3, -0.25) is 0 Å². The van der Waals surface area contributed by atoms with E-state index in [1.54, 1.807) is 24.3 Å². The van der Waals surface area contributed by atoms with Gasteiger partial charge < -0.3 is 29.7 Å². The number of aromatic amines is 2. The minimum atomic E-state index is -0.994. The van der Waals surface area contributed by atoms with Crippen LogP contribution in [-0.4, -0.2) is 55.3 Å². The maximum atomic E-state index is 12.2. The van der Waals surface area contributed by atoms with Crippen molar-refractivity contribution in [1.29, 1.82) is 0 Å². The first kappa shape index (κ1) is 68.4. The van der Waals surface area contributed by atoms with Crippen LogP contribution in [0, 0.1) is 0 Å². The normalized spacial score (nSPS) is 11.8. The van der Waals surface area contributed by atoms with Crippen molar-refractivity contribution in [1.82, 2.24) is 19.9 Å². The highest BCUT2D eigenvalue weighted by molar-refractivity contribution is 6.00. The Bertz CT molecular complexity index is 3390. The molecule has 0 saturated carbocycles. The first-order chi connectivity index (χ1) is 45.3. The second-order valence-corrected chi connectivity index (χ2v) is 25.6. The van der Waals surface area contributed by atoms with Crippen LogP contribution in [-0.2, 0) is 0 Å². The number of nitrogens with one attached hydrogen (secondary N) is 2. The summed E-state index contributed by atoms with van der Waals surface area (Å²) in [4.78, 5) is 42.8. The van der Waals surface area contributed by atoms with Crippen molar-refractivity contribution in [3.63, 3.8) is 0 Å². The van der Waals surface area contributed by atoms with E-state index < -0.39 is 11.9 Å². The fraction of sp³-hybridized carbons (Fsp3) is 0.439. The molecule has 0 spiro atoms. The molecule has 0 radical (unpaired) electrons.